The van der Waals surface area contributed by atoms with Gasteiger partial charge in [0.15, 0.2) is 0 Å². The van der Waals surface area contributed by atoms with E-state index in [2.05, 4.69) is 6.58 Å². The van der Waals surface area contributed by atoms with Crippen LogP contribution in [0.2, 0.25) is 0 Å². The predicted molar refractivity (Wildman–Crippen MR) is 130 cm³/mol. The lowest BCUT2D eigenvalue weighted by Gasteiger charge is -2.39. The summed E-state index contributed by atoms with van der Waals surface area (Å²) >= 11 is 0. The molecule has 1 fully saturated rings. The van der Waals surface area contributed by atoms with E-state index in [1.807, 2.05) is 36.4 Å². The van der Waals surface area contributed by atoms with E-state index < -0.39 is 17.7 Å². The second kappa shape index (κ2) is 10.7. The van der Waals surface area contributed by atoms with Crippen LogP contribution in [0.3, 0.4) is 0 Å². The Hall–Kier alpha value is -3.68. The number of benzene rings is 2. The number of rotatable bonds is 5. The number of piperidine rings is 1. The largest absolute Gasteiger partial charge is 0.445 e. The van der Waals surface area contributed by atoms with Gasteiger partial charge < -0.3 is 19.4 Å². The van der Waals surface area contributed by atoms with E-state index in [0.29, 0.717) is 31.5 Å². The molecule has 2 aliphatic rings. The minimum atomic E-state index is -0.529. The summed E-state index contributed by atoms with van der Waals surface area (Å²) in [4.78, 5) is 30.8. The molecule has 1 atom stereocenters. The van der Waals surface area contributed by atoms with Crippen molar-refractivity contribution in [2.75, 3.05) is 33.3 Å². The average molecular weight is 482 g/mol. The van der Waals surface area contributed by atoms with Crippen LogP contribution in [0.1, 0.15) is 30.0 Å². The second-order valence-corrected chi connectivity index (χ2v) is 8.78. The van der Waals surface area contributed by atoms with E-state index in [-0.39, 0.29) is 36.9 Å². The number of amides is 3. The molecule has 1 saturated heterocycles. The number of likely N-dealkylation sites (tertiary alicyclic amines) is 1. The van der Waals surface area contributed by atoms with Gasteiger partial charge in [0, 0.05) is 38.3 Å². The first kappa shape index (κ1) is 24.4. The molecule has 4 rings (SSSR count). The van der Waals surface area contributed by atoms with Crippen LogP contribution in [0.4, 0.5) is 18.4 Å². The zero-order chi connectivity index (χ0) is 24.9. The van der Waals surface area contributed by atoms with E-state index in [0.717, 1.165) is 17.7 Å². The third-order valence-corrected chi connectivity index (χ3v) is 6.59. The smallest absolute Gasteiger partial charge is 0.410 e. The number of ether oxygens (including phenoxy) is 1. The van der Waals surface area contributed by atoms with E-state index in [9.17, 15) is 18.4 Å². The molecule has 2 aliphatic heterocycles. The Morgan fingerprint density at radius 2 is 1.86 bits per heavy atom. The summed E-state index contributed by atoms with van der Waals surface area (Å²) in [5, 5.41) is 0. The lowest BCUT2D eigenvalue weighted by molar-refractivity contribution is 0.0835. The van der Waals surface area contributed by atoms with Gasteiger partial charge in [-0.15, -0.1) is 0 Å². The maximum absolute atomic E-state index is 14.5. The second-order valence-electron chi connectivity index (χ2n) is 8.78. The molecular weight excluding hydrogens is 452 g/mol. The summed E-state index contributed by atoms with van der Waals surface area (Å²) in [6.45, 7) is 4.84. The van der Waals surface area contributed by atoms with Gasteiger partial charge in [0.25, 0.3) is 0 Å². The lowest BCUT2D eigenvalue weighted by atomic mass is 10.0. The topological polar surface area (TPSA) is 53.1 Å². The van der Waals surface area contributed by atoms with Crippen molar-refractivity contribution in [3.8, 4) is 0 Å². The van der Waals surface area contributed by atoms with Crippen LogP contribution in [0.25, 0.3) is 5.57 Å². The summed E-state index contributed by atoms with van der Waals surface area (Å²) in [5.41, 5.74) is 1.62. The Bertz CT molecular complexity index is 1110. The van der Waals surface area contributed by atoms with Crippen molar-refractivity contribution >= 4 is 17.7 Å². The highest BCUT2D eigenvalue weighted by molar-refractivity contribution is 5.82. The maximum Gasteiger partial charge on any atom is 0.410 e. The monoisotopic (exact) mass is 481 g/mol. The van der Waals surface area contributed by atoms with Crippen molar-refractivity contribution in [2.45, 2.75) is 24.9 Å². The van der Waals surface area contributed by atoms with Gasteiger partial charge in [-0.05, 0) is 42.2 Å². The number of carbonyl (C=O) groups is 2. The zero-order valence-corrected chi connectivity index (χ0v) is 19.7. The molecule has 0 unspecified atom stereocenters. The molecule has 0 aromatic heterocycles. The normalized spacial score (nSPS) is 18.3. The minimum absolute atomic E-state index is 0.0580. The first-order valence-corrected chi connectivity index (χ1v) is 11.7. The number of urea groups is 1. The highest BCUT2D eigenvalue weighted by Crippen LogP contribution is 2.36. The molecule has 184 valence electrons. The quantitative estimate of drug-likeness (QED) is 0.549. The summed E-state index contributed by atoms with van der Waals surface area (Å²) in [6, 6.07) is 12.2. The van der Waals surface area contributed by atoms with Gasteiger partial charge in [-0.1, -0.05) is 49.1 Å². The molecule has 2 heterocycles. The van der Waals surface area contributed by atoms with Gasteiger partial charge in [-0.3, -0.25) is 0 Å². The van der Waals surface area contributed by atoms with E-state index in [1.165, 1.54) is 12.1 Å². The van der Waals surface area contributed by atoms with Crippen molar-refractivity contribution in [3.63, 3.8) is 0 Å². The molecular formula is C27H29F2N3O3. The highest BCUT2D eigenvalue weighted by atomic mass is 19.1. The Labute approximate surface area is 204 Å². The molecule has 6 nitrogen and oxygen atoms in total. The Kier molecular flexibility index (Phi) is 7.48. The fraction of sp³-hybridized carbons (Fsp3) is 0.333. The number of halogens is 2. The predicted octanol–water partition coefficient (Wildman–Crippen LogP) is 5.24. The maximum atomic E-state index is 14.5. The van der Waals surface area contributed by atoms with Crippen LogP contribution in [0.5, 0.6) is 0 Å². The summed E-state index contributed by atoms with van der Waals surface area (Å²) in [7, 11) is 1.75. The molecule has 8 heteroatoms. The third-order valence-electron chi connectivity index (χ3n) is 6.59. The fourth-order valence-electron chi connectivity index (χ4n) is 4.66. The molecule has 0 radical (unpaired) electrons. The van der Waals surface area contributed by atoms with Crippen molar-refractivity contribution in [1.82, 2.24) is 14.7 Å². The number of hydrogen-bond acceptors (Lipinski definition) is 3. The van der Waals surface area contributed by atoms with Crippen molar-refractivity contribution < 1.29 is 23.1 Å². The first-order chi connectivity index (χ1) is 16.9. The molecule has 35 heavy (non-hydrogen) atoms. The van der Waals surface area contributed by atoms with Crippen LogP contribution in [0.15, 0.2) is 67.3 Å². The molecule has 0 aliphatic carbocycles. The molecule has 0 bridgehead atoms. The number of nitrogens with zero attached hydrogens (tertiary/aromatic N) is 3. The standard InChI is InChI=1S/C27H29F2N3O3/c1-3-15-35-27(34)31-13-11-22(12-14-31)30(2)26(33)32-18-20(23-17-21(28)9-10-24(23)29)16-25(32)19-7-5-4-6-8-19/h3-10,16-17,22,25H,1,11-15,18H2,2H3/t25-/m0/s1. The number of hydrogen-bond donors (Lipinski definition) is 0. The zero-order valence-electron chi connectivity index (χ0n) is 19.7. The van der Waals surface area contributed by atoms with Gasteiger partial charge in [0.2, 0.25) is 0 Å². The molecule has 2 aromatic carbocycles. The van der Waals surface area contributed by atoms with Gasteiger partial charge in [-0.25, -0.2) is 18.4 Å². The van der Waals surface area contributed by atoms with E-state index >= 15 is 0 Å². The van der Waals surface area contributed by atoms with Gasteiger partial charge in [0.05, 0.1) is 6.04 Å². The Morgan fingerprint density at radius 3 is 2.54 bits per heavy atom. The molecule has 0 spiro atoms. The van der Waals surface area contributed by atoms with Crippen LogP contribution >= 0.6 is 0 Å². The third kappa shape index (κ3) is 5.37. The SMILES string of the molecule is C=CCOC(=O)N1CCC(N(C)C(=O)N2CC(c3cc(F)ccc3F)=C[C@H]2c2ccccc2)CC1. The summed E-state index contributed by atoms with van der Waals surface area (Å²) in [6.07, 6.45) is 4.21. The minimum Gasteiger partial charge on any atom is -0.445 e. The van der Waals surface area contributed by atoms with Crippen molar-refractivity contribution in [3.05, 3.63) is 90.0 Å². The van der Waals surface area contributed by atoms with Crippen LogP contribution in [-0.2, 0) is 4.74 Å². The van der Waals surface area contributed by atoms with Crippen LogP contribution in [0, 0.1) is 11.6 Å². The van der Waals surface area contributed by atoms with Gasteiger partial charge in [0.1, 0.15) is 18.2 Å². The van der Waals surface area contributed by atoms with Gasteiger partial charge >= 0.3 is 12.1 Å². The first-order valence-electron chi connectivity index (χ1n) is 11.7. The Balaban J connectivity index is 1.50. The van der Waals surface area contributed by atoms with Crippen LogP contribution in [-0.4, -0.2) is 66.2 Å². The highest BCUT2D eigenvalue weighted by Gasteiger charge is 2.36. The van der Waals surface area contributed by atoms with Gasteiger partial charge in [-0.2, -0.15) is 0 Å². The molecule has 2 aromatic rings. The number of carbonyl (C=O) groups excluding carboxylic acids is 2. The molecule has 0 saturated carbocycles. The lowest BCUT2D eigenvalue weighted by Crippen LogP contribution is -2.51. The van der Waals surface area contributed by atoms with E-state index in [4.69, 9.17) is 4.74 Å². The summed E-state index contributed by atoms with van der Waals surface area (Å²) in [5.74, 6) is -1.05. The average Bonchev–Trinajstić information content (AvgIpc) is 3.33. The fourth-order valence-corrected chi connectivity index (χ4v) is 4.66. The Morgan fingerprint density at radius 1 is 1.14 bits per heavy atom. The van der Waals surface area contributed by atoms with Crippen molar-refractivity contribution in [1.29, 1.82) is 0 Å². The summed E-state index contributed by atoms with van der Waals surface area (Å²) < 4.78 is 33.5. The molecule has 3 amide bonds. The van der Waals surface area contributed by atoms with Crippen LogP contribution < -0.4 is 0 Å². The van der Waals surface area contributed by atoms with E-state index in [1.54, 1.807) is 21.7 Å². The molecule has 0 N–H and O–H groups in total. The van der Waals surface area contributed by atoms with Crippen molar-refractivity contribution in [2.24, 2.45) is 0 Å².